The molecule has 3 aromatic rings. The summed E-state index contributed by atoms with van der Waals surface area (Å²) in [4.78, 5) is 16.7. The van der Waals surface area contributed by atoms with Crippen LogP contribution in [-0.4, -0.2) is 25.7 Å². The van der Waals surface area contributed by atoms with Crippen molar-refractivity contribution in [2.45, 2.75) is 26.4 Å². The third kappa shape index (κ3) is 3.34. The molecule has 2 aromatic heterocycles. The standard InChI is InChI=1S/C17H18FN5O/c1-2-7-23-8-6-19-15(23)11-20-17(24)14-10-21-22-16(14)12-4-3-5-13(18)9-12/h3-6,8-10H,2,7,11H2,1H3,(H,20,24)(H,21,22). The summed E-state index contributed by atoms with van der Waals surface area (Å²) in [5.74, 6) is 0.144. The molecule has 124 valence electrons. The minimum Gasteiger partial charge on any atom is -0.345 e. The summed E-state index contributed by atoms with van der Waals surface area (Å²) in [6.45, 7) is 3.25. The highest BCUT2D eigenvalue weighted by Gasteiger charge is 2.16. The molecule has 2 heterocycles. The highest BCUT2D eigenvalue weighted by atomic mass is 19.1. The van der Waals surface area contributed by atoms with Crippen molar-refractivity contribution in [1.82, 2.24) is 25.1 Å². The quantitative estimate of drug-likeness (QED) is 0.731. The first-order valence-electron chi connectivity index (χ1n) is 7.76. The summed E-state index contributed by atoms with van der Waals surface area (Å²) < 4.78 is 15.4. The molecule has 0 unspecified atom stereocenters. The predicted molar refractivity (Wildman–Crippen MR) is 87.7 cm³/mol. The molecule has 2 N–H and O–H groups in total. The molecule has 6 nitrogen and oxygen atoms in total. The topological polar surface area (TPSA) is 75.6 Å². The summed E-state index contributed by atoms with van der Waals surface area (Å²) in [5, 5.41) is 9.50. The van der Waals surface area contributed by atoms with Crippen molar-refractivity contribution in [3.8, 4) is 11.3 Å². The molecule has 0 saturated heterocycles. The Morgan fingerprint density at radius 1 is 1.42 bits per heavy atom. The maximum absolute atomic E-state index is 13.4. The number of H-pyrrole nitrogens is 1. The van der Waals surface area contributed by atoms with Crippen molar-refractivity contribution in [3.05, 3.63) is 60.1 Å². The van der Waals surface area contributed by atoms with Crippen LogP contribution in [0.5, 0.6) is 0 Å². The van der Waals surface area contributed by atoms with Crippen molar-refractivity contribution in [2.24, 2.45) is 0 Å². The van der Waals surface area contributed by atoms with Gasteiger partial charge in [0.05, 0.1) is 24.0 Å². The molecule has 0 fully saturated rings. The van der Waals surface area contributed by atoms with Crippen molar-refractivity contribution in [3.63, 3.8) is 0 Å². The predicted octanol–water partition coefficient (Wildman–Crippen LogP) is 2.75. The van der Waals surface area contributed by atoms with Crippen LogP contribution >= 0.6 is 0 Å². The van der Waals surface area contributed by atoms with Crippen LogP contribution in [0.4, 0.5) is 4.39 Å². The summed E-state index contributed by atoms with van der Waals surface area (Å²) in [6, 6.07) is 6.03. The van der Waals surface area contributed by atoms with Crippen LogP contribution in [0, 0.1) is 5.82 Å². The van der Waals surface area contributed by atoms with Crippen LogP contribution in [0.1, 0.15) is 29.5 Å². The lowest BCUT2D eigenvalue weighted by Gasteiger charge is -2.08. The number of benzene rings is 1. The van der Waals surface area contributed by atoms with E-state index in [9.17, 15) is 9.18 Å². The van der Waals surface area contributed by atoms with Gasteiger partial charge < -0.3 is 9.88 Å². The molecule has 0 spiro atoms. The van der Waals surface area contributed by atoms with Crippen molar-refractivity contribution < 1.29 is 9.18 Å². The van der Waals surface area contributed by atoms with Crippen LogP contribution < -0.4 is 5.32 Å². The Labute approximate surface area is 138 Å². The zero-order chi connectivity index (χ0) is 16.9. The molecular weight excluding hydrogens is 309 g/mol. The summed E-state index contributed by atoms with van der Waals surface area (Å²) in [7, 11) is 0. The van der Waals surface area contributed by atoms with Gasteiger partial charge >= 0.3 is 0 Å². The van der Waals surface area contributed by atoms with Crippen molar-refractivity contribution in [1.29, 1.82) is 0 Å². The van der Waals surface area contributed by atoms with Crippen LogP contribution in [0.3, 0.4) is 0 Å². The Kier molecular flexibility index (Phi) is 4.69. The number of hydrogen-bond acceptors (Lipinski definition) is 3. The summed E-state index contributed by atoms with van der Waals surface area (Å²) in [6.07, 6.45) is 6.03. The van der Waals surface area contributed by atoms with Crippen LogP contribution in [0.15, 0.2) is 42.9 Å². The van der Waals surface area contributed by atoms with Gasteiger partial charge in [-0.05, 0) is 18.6 Å². The number of halogens is 1. The molecule has 0 atom stereocenters. The second-order valence-electron chi connectivity index (χ2n) is 5.39. The van der Waals surface area contributed by atoms with Gasteiger partial charge in [-0.3, -0.25) is 9.89 Å². The highest BCUT2D eigenvalue weighted by molar-refractivity contribution is 5.99. The first-order chi connectivity index (χ1) is 11.7. The van der Waals surface area contributed by atoms with Gasteiger partial charge in [0.15, 0.2) is 0 Å². The molecule has 0 aliphatic heterocycles. The Bertz CT molecular complexity index is 839. The van der Waals surface area contributed by atoms with Crippen LogP contribution in [-0.2, 0) is 13.1 Å². The SMILES string of the molecule is CCCn1ccnc1CNC(=O)c1cn[nH]c1-c1cccc(F)c1. The van der Waals surface area contributed by atoms with Gasteiger partial charge in [-0.25, -0.2) is 9.37 Å². The molecule has 0 bridgehead atoms. The van der Waals surface area contributed by atoms with E-state index in [4.69, 9.17) is 0 Å². The Balaban J connectivity index is 1.74. The molecule has 0 aliphatic rings. The van der Waals surface area contributed by atoms with Gasteiger partial charge in [-0.2, -0.15) is 5.10 Å². The molecular formula is C17H18FN5O. The van der Waals surface area contributed by atoms with Gasteiger partial charge in [0.1, 0.15) is 11.6 Å². The first-order valence-corrected chi connectivity index (χ1v) is 7.76. The second kappa shape index (κ2) is 7.08. The van der Waals surface area contributed by atoms with E-state index >= 15 is 0 Å². The Morgan fingerprint density at radius 3 is 3.08 bits per heavy atom. The van der Waals surface area contributed by atoms with E-state index in [0.717, 1.165) is 18.8 Å². The number of carbonyl (C=O) groups is 1. The van der Waals surface area contributed by atoms with Crippen LogP contribution in [0.2, 0.25) is 0 Å². The van der Waals surface area contributed by atoms with Crippen molar-refractivity contribution >= 4 is 5.91 Å². The number of nitrogens with zero attached hydrogens (tertiary/aromatic N) is 3. The smallest absolute Gasteiger partial charge is 0.255 e. The van der Waals surface area contributed by atoms with Gasteiger partial charge in [0, 0.05) is 24.5 Å². The lowest BCUT2D eigenvalue weighted by molar-refractivity contribution is 0.0950. The minimum absolute atomic E-state index is 0.283. The first kappa shape index (κ1) is 15.9. The zero-order valence-electron chi connectivity index (χ0n) is 13.3. The van der Waals surface area contributed by atoms with Gasteiger partial charge in [-0.15, -0.1) is 0 Å². The van der Waals surface area contributed by atoms with E-state index in [1.165, 1.54) is 18.3 Å². The van der Waals surface area contributed by atoms with Gasteiger partial charge in [0.2, 0.25) is 0 Å². The number of aromatic amines is 1. The third-order valence-corrected chi connectivity index (χ3v) is 3.67. The maximum Gasteiger partial charge on any atom is 0.255 e. The van der Waals surface area contributed by atoms with Gasteiger partial charge in [-0.1, -0.05) is 19.1 Å². The average molecular weight is 327 g/mol. The van der Waals surface area contributed by atoms with Gasteiger partial charge in [0.25, 0.3) is 5.91 Å². The summed E-state index contributed by atoms with van der Waals surface area (Å²) >= 11 is 0. The fraction of sp³-hybridized carbons (Fsp3) is 0.235. The zero-order valence-corrected chi connectivity index (χ0v) is 13.3. The third-order valence-electron chi connectivity index (χ3n) is 3.67. The number of nitrogens with one attached hydrogen (secondary N) is 2. The monoisotopic (exact) mass is 327 g/mol. The van der Waals surface area contributed by atoms with E-state index in [-0.39, 0.29) is 11.7 Å². The summed E-state index contributed by atoms with van der Waals surface area (Å²) in [5.41, 5.74) is 1.43. The fourth-order valence-electron chi connectivity index (χ4n) is 2.53. The molecule has 1 aromatic carbocycles. The average Bonchev–Trinajstić information content (AvgIpc) is 3.22. The number of aromatic nitrogens is 4. The molecule has 0 radical (unpaired) electrons. The molecule has 7 heteroatoms. The number of carbonyl (C=O) groups excluding carboxylic acids is 1. The van der Waals surface area contributed by atoms with Crippen molar-refractivity contribution in [2.75, 3.05) is 0 Å². The highest BCUT2D eigenvalue weighted by Crippen LogP contribution is 2.21. The molecule has 24 heavy (non-hydrogen) atoms. The fourth-order valence-corrected chi connectivity index (χ4v) is 2.53. The normalized spacial score (nSPS) is 10.8. The maximum atomic E-state index is 13.4. The Hall–Kier alpha value is -2.96. The molecule has 1 amide bonds. The number of hydrogen-bond donors (Lipinski definition) is 2. The number of imidazole rings is 1. The van der Waals surface area contributed by atoms with E-state index in [2.05, 4.69) is 27.4 Å². The van der Waals surface area contributed by atoms with E-state index < -0.39 is 0 Å². The van der Waals surface area contributed by atoms with E-state index in [1.807, 2.05) is 10.8 Å². The number of amides is 1. The lowest BCUT2D eigenvalue weighted by atomic mass is 10.1. The number of aryl methyl sites for hydroxylation is 1. The van der Waals surface area contributed by atoms with E-state index in [0.29, 0.717) is 23.4 Å². The van der Waals surface area contributed by atoms with E-state index in [1.54, 1.807) is 18.3 Å². The lowest BCUT2D eigenvalue weighted by Crippen LogP contribution is -2.25. The molecule has 3 rings (SSSR count). The largest absolute Gasteiger partial charge is 0.345 e. The molecule has 0 aliphatic carbocycles. The molecule has 0 saturated carbocycles. The number of rotatable bonds is 6. The minimum atomic E-state index is -0.366. The Morgan fingerprint density at radius 2 is 2.29 bits per heavy atom. The van der Waals surface area contributed by atoms with Crippen LogP contribution in [0.25, 0.3) is 11.3 Å². The second-order valence-corrected chi connectivity index (χ2v) is 5.39.